The van der Waals surface area contributed by atoms with E-state index in [2.05, 4.69) is 20.4 Å². The summed E-state index contributed by atoms with van der Waals surface area (Å²) in [6.07, 6.45) is 0.987. The fourth-order valence-corrected chi connectivity index (χ4v) is 5.82. The number of nitrogens with zero attached hydrogens (tertiary/aromatic N) is 7. The van der Waals surface area contributed by atoms with Gasteiger partial charge in [-0.2, -0.15) is 9.99 Å². The number of urea groups is 1. The monoisotopic (exact) mass is 602 g/mol. The molecule has 0 radical (unpaired) electrons. The summed E-state index contributed by atoms with van der Waals surface area (Å²) in [5, 5.41) is 11.2. The van der Waals surface area contributed by atoms with Gasteiger partial charge in [0.05, 0.1) is 25.2 Å². The molecule has 0 spiro atoms. The van der Waals surface area contributed by atoms with Gasteiger partial charge >= 0.3 is 6.03 Å². The zero-order chi connectivity index (χ0) is 30.8. The molecule has 7 rings (SSSR count). The normalized spacial score (nSPS) is 17.1. The number of pyridine rings is 1. The molecule has 5 aromatic rings. The molecule has 0 bridgehead atoms. The average Bonchev–Trinajstić information content (AvgIpc) is 3.54. The van der Waals surface area contributed by atoms with Gasteiger partial charge < -0.3 is 19.6 Å². The molecule has 1 unspecified atom stereocenters. The van der Waals surface area contributed by atoms with Gasteiger partial charge in [-0.1, -0.05) is 84.0 Å². The van der Waals surface area contributed by atoms with Crippen molar-refractivity contribution in [3.63, 3.8) is 0 Å². The molecule has 2 aliphatic heterocycles. The van der Waals surface area contributed by atoms with E-state index >= 15 is 0 Å². The number of aromatic nitrogens is 3. The number of carbonyl (C=O) groups is 3. The average molecular weight is 603 g/mol. The zero-order valence-electron chi connectivity index (χ0n) is 24.3. The van der Waals surface area contributed by atoms with Gasteiger partial charge in [-0.3, -0.25) is 14.6 Å². The van der Waals surface area contributed by atoms with Crippen LogP contribution >= 0.6 is 0 Å². The van der Waals surface area contributed by atoms with Gasteiger partial charge in [0.2, 0.25) is 23.5 Å². The summed E-state index contributed by atoms with van der Waals surface area (Å²) in [6, 6.07) is 28.2. The Kier molecular flexibility index (Phi) is 7.62. The van der Waals surface area contributed by atoms with Crippen molar-refractivity contribution in [2.75, 3.05) is 19.6 Å². The van der Waals surface area contributed by atoms with Crippen molar-refractivity contribution in [3.05, 3.63) is 114 Å². The highest BCUT2D eigenvalue weighted by Gasteiger charge is 2.47. The summed E-state index contributed by atoms with van der Waals surface area (Å²) in [6.45, 7) is 0.467. The molecular formula is C33H30N8O4. The molecule has 12 nitrogen and oxygen atoms in total. The molecule has 0 aliphatic carbocycles. The highest BCUT2D eigenvalue weighted by molar-refractivity contribution is 5.89. The minimum absolute atomic E-state index is 0.0254. The Morgan fingerprint density at radius 3 is 2.49 bits per heavy atom. The predicted molar refractivity (Wildman–Crippen MR) is 163 cm³/mol. The van der Waals surface area contributed by atoms with Crippen LogP contribution in [0.3, 0.4) is 0 Å². The molecule has 2 aromatic heterocycles. The molecule has 2 saturated heterocycles. The molecule has 4 heterocycles. The molecule has 0 saturated carbocycles. The van der Waals surface area contributed by atoms with Crippen LogP contribution in [0.1, 0.15) is 17.0 Å². The van der Waals surface area contributed by atoms with Crippen LogP contribution in [-0.2, 0) is 29.2 Å². The summed E-state index contributed by atoms with van der Waals surface area (Å²) in [7, 11) is 0. The third-order valence-corrected chi connectivity index (χ3v) is 8.04. The molecule has 1 N–H and O–H groups in total. The van der Waals surface area contributed by atoms with Gasteiger partial charge in [0.1, 0.15) is 12.7 Å². The number of hydrazine groups is 1. The Balaban J connectivity index is 1.17. The molecular weight excluding hydrogens is 572 g/mol. The minimum Gasteiger partial charge on any atom is -0.337 e. The van der Waals surface area contributed by atoms with Crippen LogP contribution in [0.25, 0.3) is 22.3 Å². The highest BCUT2D eigenvalue weighted by Crippen LogP contribution is 2.27. The van der Waals surface area contributed by atoms with E-state index in [1.807, 2.05) is 91.0 Å². The van der Waals surface area contributed by atoms with Crippen LogP contribution in [0.15, 0.2) is 102 Å². The number of piperazine rings is 1. The number of hydrogen-bond acceptors (Lipinski definition) is 8. The SMILES string of the molecule is O=C1CN2C(=O)CN(Cc3nc(-c4ccccc4)no3)N(C(=O)NCc3ccccc3)C2CN1Cc1cccc2ncccc12. The number of rotatable bonds is 7. The van der Waals surface area contributed by atoms with E-state index in [1.54, 1.807) is 16.1 Å². The van der Waals surface area contributed by atoms with Crippen molar-refractivity contribution in [2.24, 2.45) is 0 Å². The third kappa shape index (κ3) is 5.83. The maximum Gasteiger partial charge on any atom is 0.334 e. The van der Waals surface area contributed by atoms with E-state index in [0.29, 0.717) is 12.4 Å². The van der Waals surface area contributed by atoms with Gasteiger partial charge in [-0.25, -0.2) is 9.80 Å². The Bertz CT molecular complexity index is 1840. The maximum atomic E-state index is 13.9. The smallest absolute Gasteiger partial charge is 0.334 e. The zero-order valence-corrected chi connectivity index (χ0v) is 24.3. The standard InChI is InChI=1S/C33H30N8O4/c42-30-22-40-29(20-38(30)18-25-13-7-15-27-26(25)14-8-16-34-27)41(33(44)35-17-23-9-3-1-4-10-23)39(21-31(40)43)19-28-36-32(37-45-28)24-11-5-2-6-12-24/h1-16,29H,17-22H2,(H,35,44). The van der Waals surface area contributed by atoms with Gasteiger partial charge in [0.15, 0.2) is 0 Å². The number of hydrogen-bond donors (Lipinski definition) is 1. The molecule has 1 atom stereocenters. The van der Waals surface area contributed by atoms with E-state index in [9.17, 15) is 14.4 Å². The van der Waals surface area contributed by atoms with Crippen molar-refractivity contribution >= 4 is 28.7 Å². The predicted octanol–water partition coefficient (Wildman–Crippen LogP) is 3.42. The van der Waals surface area contributed by atoms with Crippen LogP contribution in [0.5, 0.6) is 0 Å². The van der Waals surface area contributed by atoms with Crippen molar-refractivity contribution in [1.29, 1.82) is 0 Å². The van der Waals surface area contributed by atoms with E-state index in [4.69, 9.17) is 4.52 Å². The fraction of sp³-hybridized carbons (Fsp3) is 0.212. The molecule has 3 aromatic carbocycles. The first-order chi connectivity index (χ1) is 22.0. The van der Waals surface area contributed by atoms with Gasteiger partial charge in [-0.05, 0) is 23.3 Å². The highest BCUT2D eigenvalue weighted by atomic mass is 16.5. The molecule has 2 fully saturated rings. The molecule has 45 heavy (non-hydrogen) atoms. The number of fused-ring (bicyclic) bond motifs is 2. The van der Waals surface area contributed by atoms with Crippen molar-refractivity contribution in [1.82, 2.24) is 40.3 Å². The lowest BCUT2D eigenvalue weighted by Gasteiger charge is -2.52. The number of amides is 4. The van der Waals surface area contributed by atoms with E-state index in [1.165, 1.54) is 9.91 Å². The van der Waals surface area contributed by atoms with Crippen molar-refractivity contribution < 1.29 is 18.9 Å². The quantitative estimate of drug-likeness (QED) is 0.300. The first-order valence-electron chi connectivity index (χ1n) is 14.7. The Morgan fingerprint density at radius 1 is 0.867 bits per heavy atom. The lowest BCUT2D eigenvalue weighted by Crippen LogP contribution is -2.73. The topological polar surface area (TPSA) is 128 Å². The number of nitrogens with one attached hydrogen (secondary N) is 1. The van der Waals surface area contributed by atoms with E-state index in [-0.39, 0.29) is 50.4 Å². The van der Waals surface area contributed by atoms with E-state index < -0.39 is 12.2 Å². The second-order valence-electron chi connectivity index (χ2n) is 11.0. The Labute approximate surface area is 258 Å². The summed E-state index contributed by atoms with van der Waals surface area (Å²) in [5.41, 5.74) is 3.48. The molecule has 12 heteroatoms. The lowest BCUT2D eigenvalue weighted by atomic mass is 10.1. The maximum absolute atomic E-state index is 13.9. The summed E-state index contributed by atoms with van der Waals surface area (Å²) < 4.78 is 5.55. The van der Waals surface area contributed by atoms with Gasteiger partial charge in [0, 0.05) is 30.2 Å². The Hall–Kier alpha value is -5.62. The van der Waals surface area contributed by atoms with Crippen LogP contribution in [0, 0.1) is 0 Å². The second kappa shape index (κ2) is 12.2. The third-order valence-electron chi connectivity index (χ3n) is 8.04. The van der Waals surface area contributed by atoms with Crippen LogP contribution < -0.4 is 5.32 Å². The Morgan fingerprint density at radius 2 is 1.67 bits per heavy atom. The first kappa shape index (κ1) is 28.2. The second-order valence-corrected chi connectivity index (χ2v) is 11.0. The molecule has 4 amide bonds. The summed E-state index contributed by atoms with van der Waals surface area (Å²) in [4.78, 5) is 52.9. The number of carbonyl (C=O) groups excluding carboxylic acids is 3. The van der Waals surface area contributed by atoms with Crippen LogP contribution in [0.4, 0.5) is 4.79 Å². The van der Waals surface area contributed by atoms with E-state index in [0.717, 1.165) is 27.6 Å². The summed E-state index contributed by atoms with van der Waals surface area (Å²) in [5.74, 6) is 0.206. The van der Waals surface area contributed by atoms with Crippen molar-refractivity contribution in [3.8, 4) is 11.4 Å². The minimum atomic E-state index is -0.746. The van der Waals surface area contributed by atoms with Gasteiger partial charge in [0.25, 0.3) is 0 Å². The molecule has 226 valence electrons. The van der Waals surface area contributed by atoms with Crippen LogP contribution in [0.2, 0.25) is 0 Å². The van der Waals surface area contributed by atoms with Crippen LogP contribution in [-0.4, -0.2) is 78.6 Å². The van der Waals surface area contributed by atoms with Crippen molar-refractivity contribution in [2.45, 2.75) is 25.8 Å². The lowest BCUT2D eigenvalue weighted by molar-refractivity contribution is -0.184. The number of benzene rings is 3. The fourth-order valence-electron chi connectivity index (χ4n) is 5.82. The van der Waals surface area contributed by atoms with Gasteiger partial charge in [-0.15, -0.1) is 0 Å². The first-order valence-corrected chi connectivity index (χ1v) is 14.7. The largest absolute Gasteiger partial charge is 0.337 e. The molecule has 2 aliphatic rings. The summed E-state index contributed by atoms with van der Waals surface area (Å²) >= 11 is 0.